The Morgan fingerprint density at radius 3 is 2.52 bits per heavy atom. The molecule has 0 aliphatic rings. The summed E-state index contributed by atoms with van der Waals surface area (Å²) >= 11 is 1.48. The quantitative estimate of drug-likeness (QED) is 0.522. The summed E-state index contributed by atoms with van der Waals surface area (Å²) in [6.07, 6.45) is 0.864. The Morgan fingerprint density at radius 1 is 1.13 bits per heavy atom. The summed E-state index contributed by atoms with van der Waals surface area (Å²) in [5.74, 6) is -1.14. The zero-order valence-electron chi connectivity index (χ0n) is 18.4. The van der Waals surface area contributed by atoms with Crippen LogP contribution >= 0.6 is 11.3 Å². The molecule has 0 unspecified atom stereocenters. The number of esters is 1. The number of amides is 2. The molecule has 0 saturated heterocycles. The molecule has 0 saturated carbocycles. The van der Waals surface area contributed by atoms with Crippen LogP contribution in [0.1, 0.15) is 47.3 Å². The normalized spacial score (nSPS) is 10.9. The maximum absolute atomic E-state index is 12.9. The van der Waals surface area contributed by atoms with Gasteiger partial charge < -0.3 is 19.9 Å². The fourth-order valence-corrected chi connectivity index (χ4v) is 4.69. The number of ether oxygens (including phenoxy) is 1. The fraction of sp³-hybridized carbons (Fsp3) is 0.348. The van der Waals surface area contributed by atoms with Crippen molar-refractivity contribution in [2.45, 2.75) is 47.6 Å². The van der Waals surface area contributed by atoms with Gasteiger partial charge in [0.1, 0.15) is 11.4 Å². The first-order valence-electron chi connectivity index (χ1n) is 10.2. The second kappa shape index (κ2) is 9.34. The first kappa shape index (κ1) is 22.6. The van der Waals surface area contributed by atoms with Gasteiger partial charge in [0, 0.05) is 22.9 Å². The monoisotopic (exact) mass is 441 g/mol. The second-order valence-electron chi connectivity index (χ2n) is 7.28. The predicted octanol–water partition coefficient (Wildman–Crippen LogP) is 4.66. The van der Waals surface area contributed by atoms with E-state index < -0.39 is 5.97 Å². The molecule has 0 atom stereocenters. The van der Waals surface area contributed by atoms with Gasteiger partial charge in [0.15, 0.2) is 5.69 Å². The Balaban J connectivity index is 2.07. The highest BCUT2D eigenvalue weighted by atomic mass is 32.1. The number of rotatable bonds is 7. The topological polar surface area (TPSA) is 89.4 Å². The SMILES string of the molecule is CCOC(=O)c1c(NC(C)=O)c2c(C)c(C)sc2n1CC(=O)Nc1cccc(CC)c1. The molecule has 2 amide bonds. The maximum atomic E-state index is 12.9. The fourth-order valence-electron chi connectivity index (χ4n) is 3.52. The summed E-state index contributed by atoms with van der Waals surface area (Å²) in [6, 6.07) is 7.66. The number of nitrogens with one attached hydrogen (secondary N) is 2. The minimum Gasteiger partial charge on any atom is -0.461 e. The molecule has 1 aromatic carbocycles. The summed E-state index contributed by atoms with van der Waals surface area (Å²) < 4.78 is 6.89. The third-order valence-electron chi connectivity index (χ3n) is 5.06. The highest BCUT2D eigenvalue weighted by molar-refractivity contribution is 7.19. The molecule has 0 aliphatic carbocycles. The molecule has 0 bridgehead atoms. The van der Waals surface area contributed by atoms with Crippen molar-refractivity contribution >= 4 is 50.7 Å². The van der Waals surface area contributed by atoms with Crippen LogP contribution in [0.15, 0.2) is 24.3 Å². The molecule has 0 radical (unpaired) electrons. The van der Waals surface area contributed by atoms with Crippen LogP contribution in [-0.4, -0.2) is 29.0 Å². The third kappa shape index (κ3) is 4.64. The highest BCUT2D eigenvalue weighted by Gasteiger charge is 2.29. The number of benzene rings is 1. The van der Waals surface area contributed by atoms with E-state index in [1.54, 1.807) is 11.5 Å². The van der Waals surface area contributed by atoms with Crippen LogP contribution in [0.25, 0.3) is 10.2 Å². The van der Waals surface area contributed by atoms with E-state index in [1.165, 1.54) is 18.3 Å². The molecule has 7 nitrogen and oxygen atoms in total. The summed E-state index contributed by atoms with van der Waals surface area (Å²) in [5.41, 5.74) is 3.35. The van der Waals surface area contributed by atoms with Gasteiger partial charge in [0.2, 0.25) is 11.8 Å². The first-order chi connectivity index (χ1) is 14.8. The lowest BCUT2D eigenvalue weighted by molar-refractivity contribution is -0.116. The van der Waals surface area contributed by atoms with Crippen LogP contribution in [-0.2, 0) is 27.3 Å². The lowest BCUT2D eigenvalue weighted by Crippen LogP contribution is -2.23. The maximum Gasteiger partial charge on any atom is 0.357 e. The van der Waals surface area contributed by atoms with Crippen LogP contribution in [0, 0.1) is 13.8 Å². The number of hydrogen-bond acceptors (Lipinski definition) is 5. The molecular weight excluding hydrogens is 414 g/mol. The Morgan fingerprint density at radius 2 is 1.87 bits per heavy atom. The average molecular weight is 442 g/mol. The van der Waals surface area contributed by atoms with Crippen molar-refractivity contribution in [2.75, 3.05) is 17.2 Å². The molecule has 3 rings (SSSR count). The average Bonchev–Trinajstić information content (AvgIpc) is 3.16. The Labute approximate surface area is 185 Å². The lowest BCUT2D eigenvalue weighted by atomic mass is 10.1. The zero-order valence-corrected chi connectivity index (χ0v) is 19.2. The van der Waals surface area contributed by atoms with E-state index >= 15 is 0 Å². The number of aromatic nitrogens is 1. The van der Waals surface area contributed by atoms with Gasteiger partial charge in [-0.3, -0.25) is 9.59 Å². The smallest absolute Gasteiger partial charge is 0.357 e. The molecule has 3 aromatic rings. The second-order valence-corrected chi connectivity index (χ2v) is 8.48. The van der Waals surface area contributed by atoms with Gasteiger partial charge in [-0.1, -0.05) is 19.1 Å². The third-order valence-corrected chi connectivity index (χ3v) is 6.29. The van der Waals surface area contributed by atoms with E-state index in [4.69, 9.17) is 4.74 Å². The minimum atomic E-state index is -0.576. The number of carbonyl (C=O) groups is 3. The van der Waals surface area contributed by atoms with Crippen LogP contribution in [0.3, 0.4) is 0 Å². The highest BCUT2D eigenvalue weighted by Crippen LogP contribution is 2.40. The molecule has 0 fully saturated rings. The molecular formula is C23H27N3O4S. The van der Waals surface area contributed by atoms with Crippen molar-refractivity contribution in [3.63, 3.8) is 0 Å². The minimum absolute atomic E-state index is 0.0834. The number of carbonyl (C=O) groups excluding carboxylic acids is 3. The summed E-state index contributed by atoms with van der Waals surface area (Å²) in [7, 11) is 0. The van der Waals surface area contributed by atoms with Gasteiger partial charge in [0.25, 0.3) is 0 Å². The van der Waals surface area contributed by atoms with Crippen LogP contribution in [0.4, 0.5) is 11.4 Å². The van der Waals surface area contributed by atoms with Crippen LogP contribution < -0.4 is 10.6 Å². The van der Waals surface area contributed by atoms with Gasteiger partial charge >= 0.3 is 5.97 Å². The Bertz CT molecular complexity index is 1160. The number of thiophene rings is 1. The van der Waals surface area contributed by atoms with E-state index in [0.717, 1.165) is 32.6 Å². The summed E-state index contributed by atoms with van der Waals surface area (Å²) in [4.78, 5) is 39.4. The van der Waals surface area contributed by atoms with Crippen molar-refractivity contribution in [3.05, 3.63) is 46.0 Å². The van der Waals surface area contributed by atoms with Gasteiger partial charge in [-0.15, -0.1) is 11.3 Å². The molecule has 8 heteroatoms. The molecule has 0 aliphatic heterocycles. The van der Waals surface area contributed by atoms with Crippen LogP contribution in [0.5, 0.6) is 0 Å². The Hall–Kier alpha value is -3.13. The van der Waals surface area contributed by atoms with Gasteiger partial charge in [-0.05, 0) is 50.5 Å². The molecule has 31 heavy (non-hydrogen) atoms. The molecule has 164 valence electrons. The molecule has 2 N–H and O–H groups in total. The van der Waals surface area contributed by atoms with Crippen LogP contribution in [0.2, 0.25) is 0 Å². The number of anilines is 2. The van der Waals surface area contributed by atoms with Gasteiger partial charge in [0.05, 0.1) is 12.3 Å². The zero-order chi connectivity index (χ0) is 22.7. The van der Waals surface area contributed by atoms with Gasteiger partial charge in [-0.25, -0.2) is 4.79 Å². The summed E-state index contributed by atoms with van der Waals surface area (Å²) in [6.45, 7) is 9.17. The van der Waals surface area contributed by atoms with Crippen molar-refractivity contribution < 1.29 is 19.1 Å². The number of nitrogens with zero attached hydrogens (tertiary/aromatic N) is 1. The van der Waals surface area contributed by atoms with Gasteiger partial charge in [-0.2, -0.15) is 0 Å². The van der Waals surface area contributed by atoms with E-state index in [0.29, 0.717) is 11.4 Å². The number of hydrogen-bond donors (Lipinski definition) is 2. The molecule has 0 spiro atoms. The largest absolute Gasteiger partial charge is 0.461 e. The lowest BCUT2D eigenvalue weighted by Gasteiger charge is -2.12. The first-order valence-corrected chi connectivity index (χ1v) is 11.0. The van der Waals surface area contributed by atoms with E-state index in [-0.39, 0.29) is 30.7 Å². The Kier molecular flexibility index (Phi) is 6.80. The number of aryl methyl sites for hydroxylation is 3. The number of fused-ring (bicyclic) bond motifs is 1. The summed E-state index contributed by atoms with van der Waals surface area (Å²) in [5, 5.41) is 6.45. The van der Waals surface area contributed by atoms with Crippen molar-refractivity contribution in [1.82, 2.24) is 4.57 Å². The van der Waals surface area contributed by atoms with Crippen molar-refractivity contribution in [2.24, 2.45) is 0 Å². The molecule has 2 aromatic heterocycles. The standard InChI is InChI=1S/C23H27N3O4S/c1-6-16-9-8-10-17(11-16)25-18(28)12-26-21(23(29)30-7-2)20(24-15(5)27)19-13(3)14(4)31-22(19)26/h8-11H,6-7,12H2,1-5H3,(H,24,27)(H,25,28). The van der Waals surface area contributed by atoms with E-state index in [1.807, 2.05) is 45.0 Å². The van der Waals surface area contributed by atoms with Crippen molar-refractivity contribution in [1.29, 1.82) is 0 Å². The van der Waals surface area contributed by atoms with Crippen molar-refractivity contribution in [3.8, 4) is 0 Å². The molecule has 2 heterocycles. The predicted molar refractivity (Wildman–Crippen MR) is 124 cm³/mol. The van der Waals surface area contributed by atoms with E-state index in [2.05, 4.69) is 10.6 Å². The van der Waals surface area contributed by atoms with E-state index in [9.17, 15) is 14.4 Å².